The second kappa shape index (κ2) is 8.88. The molecule has 2 saturated heterocycles. The number of halogens is 2. The van der Waals surface area contributed by atoms with Gasteiger partial charge in [0.15, 0.2) is 0 Å². The topological polar surface area (TPSA) is 67.9 Å². The highest BCUT2D eigenvalue weighted by Crippen LogP contribution is 2.31. The van der Waals surface area contributed by atoms with E-state index in [4.69, 9.17) is 21.1 Å². The molecule has 6 nitrogen and oxygen atoms in total. The van der Waals surface area contributed by atoms with Gasteiger partial charge in [0.2, 0.25) is 10.0 Å². The molecule has 9 heteroatoms. The second-order valence-corrected chi connectivity index (χ2v) is 8.60. The van der Waals surface area contributed by atoms with E-state index in [9.17, 15) is 8.42 Å². The highest BCUT2D eigenvalue weighted by Gasteiger charge is 2.33. The summed E-state index contributed by atoms with van der Waals surface area (Å²) in [6.07, 6.45) is 0.935. The zero-order valence-corrected chi connectivity index (χ0v) is 16.5. The summed E-state index contributed by atoms with van der Waals surface area (Å²) in [5.41, 5.74) is 0. The van der Waals surface area contributed by atoms with Crippen LogP contribution in [0.15, 0.2) is 23.1 Å². The Morgan fingerprint density at radius 2 is 2.24 bits per heavy atom. The molecule has 1 aromatic carbocycles. The first-order valence-electron chi connectivity index (χ1n) is 8.21. The van der Waals surface area contributed by atoms with Gasteiger partial charge in [-0.15, -0.1) is 12.4 Å². The van der Waals surface area contributed by atoms with Crippen LogP contribution in [0.1, 0.15) is 13.3 Å². The van der Waals surface area contributed by atoms with Crippen molar-refractivity contribution in [2.24, 2.45) is 5.92 Å². The molecule has 0 saturated carbocycles. The zero-order valence-electron chi connectivity index (χ0n) is 14.1. The van der Waals surface area contributed by atoms with Crippen molar-refractivity contribution in [2.45, 2.75) is 24.3 Å². The first-order valence-corrected chi connectivity index (χ1v) is 10.0. The minimum Gasteiger partial charge on any atom is -0.492 e. The smallest absolute Gasteiger partial charge is 0.247 e. The summed E-state index contributed by atoms with van der Waals surface area (Å²) >= 11 is 6.05. The van der Waals surface area contributed by atoms with Crippen molar-refractivity contribution in [3.05, 3.63) is 23.2 Å². The molecule has 1 aromatic rings. The van der Waals surface area contributed by atoms with E-state index in [1.165, 1.54) is 10.4 Å². The van der Waals surface area contributed by atoms with Gasteiger partial charge in [-0.2, -0.15) is 4.31 Å². The van der Waals surface area contributed by atoms with Crippen molar-refractivity contribution in [3.63, 3.8) is 0 Å². The van der Waals surface area contributed by atoms with Gasteiger partial charge in [-0.1, -0.05) is 11.6 Å². The Kier molecular flexibility index (Phi) is 7.37. The summed E-state index contributed by atoms with van der Waals surface area (Å²) in [6.45, 7) is 5.44. The van der Waals surface area contributed by atoms with E-state index in [-0.39, 0.29) is 23.3 Å². The maximum absolute atomic E-state index is 13.1. The van der Waals surface area contributed by atoms with Gasteiger partial charge < -0.3 is 14.8 Å². The van der Waals surface area contributed by atoms with Crippen molar-refractivity contribution < 1.29 is 17.9 Å². The third-order valence-corrected chi connectivity index (χ3v) is 6.70. The fourth-order valence-corrected chi connectivity index (χ4v) is 5.06. The quantitative estimate of drug-likeness (QED) is 0.805. The maximum atomic E-state index is 13.1. The molecule has 142 valence electrons. The number of hydrogen-bond donors (Lipinski definition) is 1. The van der Waals surface area contributed by atoms with Crippen LogP contribution in [0.25, 0.3) is 0 Å². The van der Waals surface area contributed by atoms with Gasteiger partial charge in [-0.25, -0.2) is 8.42 Å². The lowest BCUT2D eigenvalue weighted by molar-refractivity contribution is 0.166. The molecule has 2 unspecified atom stereocenters. The first kappa shape index (κ1) is 20.7. The third-order valence-electron chi connectivity index (χ3n) is 4.43. The fourth-order valence-electron chi connectivity index (χ4n) is 3.03. The van der Waals surface area contributed by atoms with Crippen molar-refractivity contribution in [1.82, 2.24) is 9.62 Å². The van der Waals surface area contributed by atoms with Crippen LogP contribution in [0.3, 0.4) is 0 Å². The molecule has 2 aliphatic heterocycles. The first-order chi connectivity index (χ1) is 11.5. The Morgan fingerprint density at radius 1 is 1.44 bits per heavy atom. The lowest BCUT2D eigenvalue weighted by Gasteiger charge is -2.33. The molecular weight excluding hydrogens is 387 g/mol. The van der Waals surface area contributed by atoms with E-state index in [0.29, 0.717) is 49.5 Å². The number of benzene rings is 1. The molecule has 0 amide bonds. The molecule has 0 aliphatic carbocycles. The van der Waals surface area contributed by atoms with Gasteiger partial charge >= 0.3 is 0 Å². The highest BCUT2D eigenvalue weighted by molar-refractivity contribution is 7.89. The average Bonchev–Trinajstić information content (AvgIpc) is 3.07. The summed E-state index contributed by atoms with van der Waals surface area (Å²) in [6, 6.07) is 4.66. The predicted octanol–water partition coefficient (Wildman–Crippen LogP) is 2.16. The average molecular weight is 411 g/mol. The molecule has 25 heavy (non-hydrogen) atoms. The van der Waals surface area contributed by atoms with Crippen LogP contribution in [0.4, 0.5) is 0 Å². The van der Waals surface area contributed by atoms with E-state index in [0.717, 1.165) is 13.0 Å². The van der Waals surface area contributed by atoms with Crippen LogP contribution in [0.2, 0.25) is 5.02 Å². The van der Waals surface area contributed by atoms with E-state index in [1.54, 1.807) is 12.1 Å². The van der Waals surface area contributed by atoms with Gasteiger partial charge in [0.25, 0.3) is 0 Å². The zero-order chi connectivity index (χ0) is 17.2. The summed E-state index contributed by atoms with van der Waals surface area (Å²) in [5, 5.41) is 3.58. The molecule has 2 heterocycles. The Hall–Kier alpha value is -0.570. The highest BCUT2D eigenvalue weighted by atomic mass is 35.5. The second-order valence-electron chi connectivity index (χ2n) is 6.30. The number of sulfonamides is 1. The van der Waals surface area contributed by atoms with Crippen LogP contribution in [0.5, 0.6) is 5.75 Å². The van der Waals surface area contributed by atoms with E-state index in [2.05, 4.69) is 5.32 Å². The Labute approximate surface area is 160 Å². The number of nitrogens with one attached hydrogen (secondary N) is 1. The minimum atomic E-state index is -3.66. The van der Waals surface area contributed by atoms with Crippen LogP contribution in [0, 0.1) is 5.92 Å². The van der Waals surface area contributed by atoms with Gasteiger partial charge in [-0.05, 0) is 31.5 Å². The molecule has 2 atom stereocenters. The molecular formula is C16H24Cl2N2O4S. The maximum Gasteiger partial charge on any atom is 0.247 e. The SMILES string of the molecule is CC1CNCCN1S(=O)(=O)c1cc(Cl)ccc1OCC1CCOC1.Cl. The monoisotopic (exact) mass is 410 g/mol. The number of nitrogens with zero attached hydrogens (tertiary/aromatic N) is 1. The van der Waals surface area contributed by atoms with Crippen LogP contribution >= 0.6 is 24.0 Å². The molecule has 2 aliphatic rings. The predicted molar refractivity (Wildman–Crippen MR) is 99.3 cm³/mol. The molecule has 2 fully saturated rings. The molecule has 3 rings (SSSR count). The summed E-state index contributed by atoms with van der Waals surface area (Å²) in [5.74, 6) is 0.659. The summed E-state index contributed by atoms with van der Waals surface area (Å²) in [4.78, 5) is 0.141. The van der Waals surface area contributed by atoms with Crippen molar-refractivity contribution in [1.29, 1.82) is 0 Å². The Bertz CT molecular complexity index is 681. The fraction of sp³-hybridized carbons (Fsp3) is 0.625. The molecule has 0 spiro atoms. The molecule has 1 N–H and O–H groups in total. The Balaban J connectivity index is 0.00000225. The van der Waals surface area contributed by atoms with Gasteiger partial charge in [0, 0.05) is 43.2 Å². The third kappa shape index (κ3) is 4.78. The minimum absolute atomic E-state index is 0. The van der Waals surface area contributed by atoms with E-state index >= 15 is 0 Å². The van der Waals surface area contributed by atoms with Gasteiger partial charge in [-0.3, -0.25) is 0 Å². The van der Waals surface area contributed by atoms with E-state index in [1.807, 2.05) is 6.92 Å². The number of hydrogen-bond acceptors (Lipinski definition) is 5. The van der Waals surface area contributed by atoms with Gasteiger partial charge in [0.1, 0.15) is 10.6 Å². The Morgan fingerprint density at radius 3 is 2.92 bits per heavy atom. The van der Waals surface area contributed by atoms with Crippen LogP contribution < -0.4 is 10.1 Å². The van der Waals surface area contributed by atoms with Gasteiger partial charge in [0.05, 0.1) is 13.2 Å². The van der Waals surface area contributed by atoms with Crippen LogP contribution in [-0.4, -0.2) is 58.2 Å². The summed E-state index contributed by atoms with van der Waals surface area (Å²) in [7, 11) is -3.66. The standard InChI is InChI=1S/C16H23ClN2O4S.ClH/c1-12-9-18-5-6-19(12)24(20,21)16-8-14(17)2-3-15(16)23-11-13-4-7-22-10-13;/h2-3,8,12-13,18H,4-7,9-11H2,1H3;1H. The van der Waals surface area contributed by atoms with Crippen molar-refractivity contribution in [2.75, 3.05) is 39.5 Å². The normalized spacial score (nSPS) is 24.7. The van der Waals surface area contributed by atoms with Crippen molar-refractivity contribution >= 4 is 34.0 Å². The summed E-state index contributed by atoms with van der Waals surface area (Å²) < 4.78 is 38.9. The lowest BCUT2D eigenvalue weighted by atomic mass is 10.1. The lowest BCUT2D eigenvalue weighted by Crippen LogP contribution is -2.52. The number of ether oxygens (including phenoxy) is 2. The molecule has 0 aromatic heterocycles. The van der Waals surface area contributed by atoms with Crippen LogP contribution in [-0.2, 0) is 14.8 Å². The largest absolute Gasteiger partial charge is 0.492 e. The molecule has 0 radical (unpaired) electrons. The number of piperazine rings is 1. The number of rotatable bonds is 5. The van der Waals surface area contributed by atoms with E-state index < -0.39 is 10.0 Å². The van der Waals surface area contributed by atoms with Crippen molar-refractivity contribution in [3.8, 4) is 5.75 Å². The molecule has 0 bridgehead atoms.